The lowest BCUT2D eigenvalue weighted by molar-refractivity contribution is -0.0656. The van der Waals surface area contributed by atoms with E-state index in [0.717, 1.165) is 17.3 Å². The van der Waals surface area contributed by atoms with Crippen molar-refractivity contribution in [2.45, 2.75) is 57.0 Å². The lowest BCUT2D eigenvalue weighted by Gasteiger charge is -2.42. The van der Waals surface area contributed by atoms with Crippen LogP contribution in [-0.2, 0) is 18.0 Å². The van der Waals surface area contributed by atoms with Gasteiger partial charge in [-0.1, -0.05) is 41.6 Å². The summed E-state index contributed by atoms with van der Waals surface area (Å²) >= 11 is 0. The second-order valence-electron chi connectivity index (χ2n) is 11.2. The summed E-state index contributed by atoms with van der Waals surface area (Å²) in [5.41, 5.74) is -0.552. The Bertz CT molecular complexity index is 1680. The number of ether oxygens (including phenoxy) is 1. The molecule has 224 valence electrons. The van der Waals surface area contributed by atoms with Crippen LogP contribution in [0.2, 0.25) is 0 Å². The van der Waals surface area contributed by atoms with Gasteiger partial charge in [0.05, 0.1) is 24.4 Å². The zero-order valence-electron chi connectivity index (χ0n) is 23.4. The monoisotopic (exact) mass is 592 g/mol. The van der Waals surface area contributed by atoms with E-state index in [-0.39, 0.29) is 48.9 Å². The van der Waals surface area contributed by atoms with E-state index in [1.807, 2.05) is 13.0 Å². The van der Waals surface area contributed by atoms with Gasteiger partial charge in [-0.05, 0) is 31.4 Å². The summed E-state index contributed by atoms with van der Waals surface area (Å²) in [6.45, 7) is 1.35. The van der Waals surface area contributed by atoms with Gasteiger partial charge in [0.2, 0.25) is 5.43 Å². The number of aliphatic hydroxyl groups excluding tert-OH is 1. The molecular formula is C31H30F2N4O6. The number of nitrogens with zero attached hydrogens (tertiary/aromatic N) is 3. The molecule has 1 spiro atoms. The maximum atomic E-state index is 14.3. The molecule has 10 nitrogen and oxygen atoms in total. The van der Waals surface area contributed by atoms with Crippen molar-refractivity contribution in [1.82, 2.24) is 14.8 Å². The number of nitrogens with one attached hydrogen (secondary N) is 1. The molecule has 3 aliphatic rings. The number of carbonyl (C=O) groups excluding carboxylic acids is 2. The fraction of sp³-hybridized carbons (Fsp3) is 0.355. The number of aromatic nitrogens is 1. The number of rotatable bonds is 7. The molecule has 3 aromatic rings. The lowest BCUT2D eigenvalue weighted by Crippen LogP contribution is -2.53. The first-order valence-corrected chi connectivity index (χ1v) is 14.0. The highest BCUT2D eigenvalue weighted by Crippen LogP contribution is 2.46. The first-order chi connectivity index (χ1) is 20.7. The zero-order valence-corrected chi connectivity index (χ0v) is 23.4. The normalized spacial score (nSPS) is 22.5. The summed E-state index contributed by atoms with van der Waals surface area (Å²) in [5.74, 6) is -3.24. The van der Waals surface area contributed by atoms with E-state index in [2.05, 4.69) is 10.5 Å². The van der Waals surface area contributed by atoms with Crippen molar-refractivity contribution in [2.75, 3.05) is 13.2 Å². The molecule has 3 atom stereocenters. The number of hydrogen-bond donors (Lipinski definition) is 2. The molecule has 0 aliphatic carbocycles. The predicted molar refractivity (Wildman–Crippen MR) is 151 cm³/mol. The highest BCUT2D eigenvalue weighted by atomic mass is 19.1. The number of hydrogen-bond acceptors (Lipinski definition) is 7. The summed E-state index contributed by atoms with van der Waals surface area (Å²) in [5, 5.41) is 16.9. The van der Waals surface area contributed by atoms with Gasteiger partial charge in [-0.3, -0.25) is 14.4 Å². The topological polar surface area (TPSA) is 122 Å². The van der Waals surface area contributed by atoms with Gasteiger partial charge in [0.1, 0.15) is 23.8 Å². The molecule has 2 aromatic carbocycles. The number of benzene rings is 2. The Hall–Kier alpha value is -4.58. The number of fused-ring (bicyclic) bond motifs is 5. The number of oxime groups is 1. The minimum Gasteiger partial charge on any atom is -0.483 e. The van der Waals surface area contributed by atoms with Gasteiger partial charge in [0, 0.05) is 37.3 Å². The van der Waals surface area contributed by atoms with Crippen LogP contribution in [0.1, 0.15) is 64.2 Å². The third kappa shape index (κ3) is 5.16. The van der Waals surface area contributed by atoms with Crippen LogP contribution in [-0.4, -0.2) is 56.9 Å². The minimum absolute atomic E-state index is 0.0314. The molecule has 1 saturated heterocycles. The molecule has 4 heterocycles. The fourth-order valence-corrected chi connectivity index (χ4v) is 6.15. The van der Waals surface area contributed by atoms with Crippen LogP contribution in [0.5, 0.6) is 5.75 Å². The molecule has 0 unspecified atom stereocenters. The van der Waals surface area contributed by atoms with E-state index in [9.17, 15) is 28.3 Å². The molecule has 2 bridgehead atoms. The van der Waals surface area contributed by atoms with Crippen LogP contribution in [0.15, 0.2) is 64.7 Å². The molecule has 1 fully saturated rings. The Morgan fingerprint density at radius 3 is 2.70 bits per heavy atom. The Morgan fingerprint density at radius 1 is 1.21 bits per heavy atom. The maximum absolute atomic E-state index is 14.3. The maximum Gasteiger partial charge on any atom is 0.274 e. The van der Waals surface area contributed by atoms with Crippen LogP contribution in [0, 0.1) is 11.6 Å². The smallest absolute Gasteiger partial charge is 0.274 e. The average Bonchev–Trinajstić information content (AvgIpc) is 3.31. The summed E-state index contributed by atoms with van der Waals surface area (Å²) in [6, 6.07) is 10.9. The van der Waals surface area contributed by atoms with E-state index < -0.39 is 46.6 Å². The molecule has 0 saturated carbocycles. The minimum atomic E-state index is -0.890. The van der Waals surface area contributed by atoms with Crippen LogP contribution in [0.4, 0.5) is 8.78 Å². The third-order valence-electron chi connectivity index (χ3n) is 8.38. The molecular weight excluding hydrogens is 562 g/mol. The molecule has 6 rings (SSSR count). The Labute approximate surface area is 245 Å². The standard InChI is InChI=1S/C31H30F2N4O6/c1-18-12-31(43-35-18)10-9-22(16-38)36-15-25(31)37-14-23(29(40)34-13-20-7-8-21(32)11-24(20)33)27(39)28(26(37)30(36)41)42-17-19-5-3-2-4-6-19/h2-8,11,14,22,25,38H,9-10,12-13,15-17H2,1H3,(H,34,40)/t22-,25-,31+/m1/s1. The van der Waals surface area contributed by atoms with Crippen molar-refractivity contribution in [1.29, 1.82) is 0 Å². The average molecular weight is 593 g/mol. The van der Waals surface area contributed by atoms with Gasteiger partial charge in [-0.25, -0.2) is 8.78 Å². The van der Waals surface area contributed by atoms with E-state index in [0.29, 0.717) is 25.3 Å². The van der Waals surface area contributed by atoms with Crippen molar-refractivity contribution in [3.63, 3.8) is 0 Å². The number of halogens is 2. The first kappa shape index (κ1) is 28.5. The number of amides is 2. The quantitative estimate of drug-likeness (QED) is 0.434. The Morgan fingerprint density at radius 2 is 2.00 bits per heavy atom. The molecule has 12 heteroatoms. The van der Waals surface area contributed by atoms with Crippen LogP contribution in [0.3, 0.4) is 0 Å². The van der Waals surface area contributed by atoms with Crippen molar-refractivity contribution >= 4 is 17.5 Å². The molecule has 2 N–H and O–H groups in total. The lowest BCUT2D eigenvalue weighted by atomic mass is 9.84. The number of pyridine rings is 1. The molecule has 3 aliphatic heterocycles. The van der Waals surface area contributed by atoms with Crippen molar-refractivity contribution < 1.29 is 33.1 Å². The predicted octanol–water partition coefficient (Wildman–Crippen LogP) is 3.32. The zero-order chi connectivity index (χ0) is 30.3. The van der Waals surface area contributed by atoms with Gasteiger partial charge in [-0.2, -0.15) is 0 Å². The van der Waals surface area contributed by atoms with Crippen LogP contribution < -0.4 is 15.5 Å². The summed E-state index contributed by atoms with van der Waals surface area (Å²) < 4.78 is 35.2. The SMILES string of the molecule is CC1=NO[C@@]2(CC[C@H](CO)N3C[C@H]2n2cc(C(=O)NCc4ccc(F)cc4F)c(=O)c(OCc4ccccc4)c2C3=O)C1. The van der Waals surface area contributed by atoms with Gasteiger partial charge in [-0.15, -0.1) is 0 Å². The van der Waals surface area contributed by atoms with Gasteiger partial charge in [0.25, 0.3) is 11.8 Å². The molecule has 0 radical (unpaired) electrons. The molecule has 1 aromatic heterocycles. The highest BCUT2D eigenvalue weighted by molar-refractivity contribution is 5.99. The summed E-state index contributed by atoms with van der Waals surface area (Å²) in [6.07, 6.45) is 2.68. The Balaban J connectivity index is 1.46. The fourth-order valence-electron chi connectivity index (χ4n) is 6.15. The second kappa shape index (κ2) is 11.3. The largest absolute Gasteiger partial charge is 0.483 e. The van der Waals surface area contributed by atoms with Gasteiger partial charge in [0.15, 0.2) is 17.0 Å². The molecule has 43 heavy (non-hydrogen) atoms. The summed E-state index contributed by atoms with van der Waals surface area (Å²) in [4.78, 5) is 48.9. The summed E-state index contributed by atoms with van der Waals surface area (Å²) in [7, 11) is 0. The number of carbonyl (C=O) groups is 2. The van der Waals surface area contributed by atoms with Crippen molar-refractivity contribution in [2.24, 2.45) is 5.16 Å². The first-order valence-electron chi connectivity index (χ1n) is 14.0. The third-order valence-corrected chi connectivity index (χ3v) is 8.38. The molecule has 2 amide bonds. The number of aliphatic hydroxyl groups is 1. The van der Waals surface area contributed by atoms with Gasteiger partial charge >= 0.3 is 0 Å². The second-order valence-corrected chi connectivity index (χ2v) is 11.2. The van der Waals surface area contributed by atoms with E-state index in [4.69, 9.17) is 9.57 Å². The van der Waals surface area contributed by atoms with Crippen LogP contribution in [0.25, 0.3) is 0 Å². The van der Waals surface area contributed by atoms with Gasteiger partial charge < -0.3 is 29.5 Å². The van der Waals surface area contributed by atoms with Crippen molar-refractivity contribution in [3.05, 3.63) is 99.0 Å². The van der Waals surface area contributed by atoms with Crippen LogP contribution >= 0.6 is 0 Å². The van der Waals surface area contributed by atoms with Crippen molar-refractivity contribution in [3.8, 4) is 5.75 Å². The van der Waals surface area contributed by atoms with E-state index in [1.54, 1.807) is 28.8 Å². The van der Waals surface area contributed by atoms with E-state index >= 15 is 0 Å². The highest BCUT2D eigenvalue weighted by Gasteiger charge is 2.54. The van der Waals surface area contributed by atoms with E-state index in [1.165, 1.54) is 17.2 Å². The Kier molecular flexibility index (Phi) is 7.47.